The molecule has 0 radical (unpaired) electrons. The minimum atomic E-state index is -0.477. The van der Waals surface area contributed by atoms with Crippen molar-refractivity contribution in [2.24, 2.45) is 34.0 Å². The summed E-state index contributed by atoms with van der Waals surface area (Å²) in [5.74, 6) is 1.00. The summed E-state index contributed by atoms with van der Waals surface area (Å²) in [5, 5.41) is 32.7. The molecule has 2 bridgehead atoms. The summed E-state index contributed by atoms with van der Waals surface area (Å²) in [5.41, 5.74) is 0.621. The Balaban J connectivity index is 1.83. The van der Waals surface area contributed by atoms with Crippen molar-refractivity contribution in [3.05, 3.63) is 12.2 Å². The fourth-order valence-electron chi connectivity index (χ4n) is 8.05. The number of rotatable bonds is 0. The van der Waals surface area contributed by atoms with Gasteiger partial charge in [-0.25, -0.2) is 0 Å². The van der Waals surface area contributed by atoms with Crippen molar-refractivity contribution in [2.45, 2.75) is 77.6 Å². The zero-order valence-electron chi connectivity index (χ0n) is 14.8. The highest BCUT2D eigenvalue weighted by Crippen LogP contribution is 2.71. The Bertz CT molecular complexity index is 541. The van der Waals surface area contributed by atoms with E-state index in [4.69, 9.17) is 0 Å². The molecule has 3 nitrogen and oxygen atoms in total. The maximum Gasteiger partial charge on any atom is 0.0810 e. The zero-order chi connectivity index (χ0) is 16.8. The van der Waals surface area contributed by atoms with E-state index in [9.17, 15) is 15.3 Å². The van der Waals surface area contributed by atoms with E-state index < -0.39 is 12.2 Å². The van der Waals surface area contributed by atoms with E-state index in [-0.39, 0.29) is 28.3 Å². The minimum Gasteiger partial charge on any atom is -0.393 e. The van der Waals surface area contributed by atoms with Gasteiger partial charge in [0.25, 0.3) is 0 Å². The molecule has 4 aliphatic carbocycles. The molecule has 8 unspecified atom stereocenters. The van der Waals surface area contributed by atoms with Crippen LogP contribution in [0.15, 0.2) is 12.2 Å². The van der Waals surface area contributed by atoms with Crippen molar-refractivity contribution in [2.75, 3.05) is 0 Å². The van der Waals surface area contributed by atoms with Crippen LogP contribution in [0.1, 0.15) is 59.3 Å². The lowest BCUT2D eigenvalue weighted by Gasteiger charge is -2.66. The van der Waals surface area contributed by atoms with Gasteiger partial charge in [0.2, 0.25) is 0 Å². The Morgan fingerprint density at radius 3 is 2.35 bits per heavy atom. The highest BCUT2D eigenvalue weighted by Gasteiger charge is 2.69. The molecule has 3 heteroatoms. The normalized spacial score (nSPS) is 57.7. The molecule has 0 saturated heterocycles. The van der Waals surface area contributed by atoms with Crippen LogP contribution in [0.4, 0.5) is 0 Å². The van der Waals surface area contributed by atoms with E-state index >= 15 is 0 Å². The lowest BCUT2D eigenvalue weighted by molar-refractivity contribution is -0.229. The van der Waals surface area contributed by atoms with Crippen molar-refractivity contribution in [3.8, 4) is 0 Å². The molecule has 1 spiro atoms. The predicted octanol–water partition coefficient (Wildman–Crippen LogP) is 2.89. The van der Waals surface area contributed by atoms with Gasteiger partial charge in [-0.2, -0.15) is 0 Å². The van der Waals surface area contributed by atoms with Gasteiger partial charge in [0, 0.05) is 5.41 Å². The van der Waals surface area contributed by atoms with Crippen LogP contribution in [0.3, 0.4) is 0 Å². The molecule has 4 saturated carbocycles. The third-order valence-corrected chi connectivity index (χ3v) is 8.30. The maximum absolute atomic E-state index is 11.1. The molecular weight excluding hydrogens is 288 g/mol. The SMILES string of the molecule is C=C1C2CCC3C4(C)CC(O)CC(C)(C)C4C(O)CC3(C2)C1O. The average molecular weight is 320 g/mol. The van der Waals surface area contributed by atoms with E-state index in [1.807, 2.05) is 0 Å². The summed E-state index contributed by atoms with van der Waals surface area (Å²) in [6.45, 7) is 10.9. The van der Waals surface area contributed by atoms with Crippen LogP contribution in [0.2, 0.25) is 0 Å². The second-order valence-electron chi connectivity index (χ2n) is 10.0. The predicted molar refractivity (Wildman–Crippen MR) is 89.7 cm³/mol. The van der Waals surface area contributed by atoms with Crippen molar-refractivity contribution < 1.29 is 15.3 Å². The third-order valence-electron chi connectivity index (χ3n) is 8.30. The van der Waals surface area contributed by atoms with Crippen LogP contribution in [0.25, 0.3) is 0 Å². The van der Waals surface area contributed by atoms with Crippen molar-refractivity contribution in [3.63, 3.8) is 0 Å². The summed E-state index contributed by atoms with van der Waals surface area (Å²) in [4.78, 5) is 0. The molecule has 0 aromatic carbocycles. The van der Waals surface area contributed by atoms with Gasteiger partial charge in [-0.15, -0.1) is 0 Å². The van der Waals surface area contributed by atoms with Gasteiger partial charge in [0.1, 0.15) is 0 Å². The van der Waals surface area contributed by atoms with Crippen molar-refractivity contribution in [1.82, 2.24) is 0 Å². The molecule has 0 aromatic rings. The van der Waals surface area contributed by atoms with Crippen LogP contribution in [0.5, 0.6) is 0 Å². The monoisotopic (exact) mass is 320 g/mol. The Morgan fingerprint density at radius 1 is 0.957 bits per heavy atom. The largest absolute Gasteiger partial charge is 0.393 e. The fraction of sp³-hybridized carbons (Fsp3) is 0.900. The quantitative estimate of drug-likeness (QED) is 0.602. The van der Waals surface area contributed by atoms with Gasteiger partial charge in [-0.05, 0) is 72.7 Å². The summed E-state index contributed by atoms with van der Waals surface area (Å²) >= 11 is 0. The summed E-state index contributed by atoms with van der Waals surface area (Å²) in [6.07, 6.45) is 4.25. The number of aliphatic hydroxyl groups excluding tert-OH is 3. The molecule has 4 aliphatic rings. The van der Waals surface area contributed by atoms with E-state index in [1.165, 1.54) is 0 Å². The van der Waals surface area contributed by atoms with Gasteiger partial charge >= 0.3 is 0 Å². The first-order valence-electron chi connectivity index (χ1n) is 9.35. The highest BCUT2D eigenvalue weighted by atomic mass is 16.3. The Hall–Kier alpha value is -0.380. The van der Waals surface area contributed by atoms with Crippen molar-refractivity contribution >= 4 is 0 Å². The first-order chi connectivity index (χ1) is 10.6. The van der Waals surface area contributed by atoms with Gasteiger partial charge in [0.05, 0.1) is 18.3 Å². The van der Waals surface area contributed by atoms with E-state index in [0.717, 1.165) is 37.7 Å². The zero-order valence-corrected chi connectivity index (χ0v) is 14.8. The van der Waals surface area contributed by atoms with Crippen LogP contribution >= 0.6 is 0 Å². The Kier molecular flexibility index (Phi) is 3.23. The van der Waals surface area contributed by atoms with Gasteiger partial charge < -0.3 is 15.3 Å². The molecule has 130 valence electrons. The first-order valence-corrected chi connectivity index (χ1v) is 9.35. The van der Waals surface area contributed by atoms with E-state index in [0.29, 0.717) is 18.3 Å². The standard InChI is InChI=1S/C20H32O3/c1-11-12-5-6-15-19(4)9-13(21)8-18(2,3)16(19)14(22)10-20(15,7-12)17(11)23/h12-17,21-23H,1,5-10H2,2-4H3. The van der Waals surface area contributed by atoms with Crippen LogP contribution in [0, 0.1) is 34.0 Å². The third kappa shape index (κ3) is 1.88. The van der Waals surface area contributed by atoms with Crippen LogP contribution < -0.4 is 0 Å². The Morgan fingerprint density at radius 2 is 1.65 bits per heavy atom. The topological polar surface area (TPSA) is 60.7 Å². The summed E-state index contributed by atoms with van der Waals surface area (Å²) in [6, 6.07) is 0. The highest BCUT2D eigenvalue weighted by molar-refractivity contribution is 5.28. The number of aliphatic hydroxyl groups is 3. The lowest BCUT2D eigenvalue weighted by Crippen LogP contribution is -2.64. The van der Waals surface area contributed by atoms with Crippen molar-refractivity contribution in [1.29, 1.82) is 0 Å². The number of fused-ring (bicyclic) bond motifs is 3. The molecule has 23 heavy (non-hydrogen) atoms. The summed E-state index contributed by atoms with van der Waals surface area (Å²) < 4.78 is 0. The van der Waals surface area contributed by atoms with Crippen LogP contribution in [-0.4, -0.2) is 33.6 Å². The molecular formula is C20H32O3. The first kappa shape index (κ1) is 16.1. The molecule has 0 amide bonds. The molecule has 0 aliphatic heterocycles. The van der Waals surface area contributed by atoms with E-state index in [2.05, 4.69) is 27.4 Å². The van der Waals surface area contributed by atoms with Gasteiger partial charge in [-0.3, -0.25) is 0 Å². The molecule has 4 rings (SSSR count). The van der Waals surface area contributed by atoms with Gasteiger partial charge in [0.15, 0.2) is 0 Å². The molecule has 0 aromatic heterocycles. The summed E-state index contributed by atoms with van der Waals surface area (Å²) in [7, 11) is 0. The van der Waals surface area contributed by atoms with E-state index in [1.54, 1.807) is 0 Å². The molecule has 4 fully saturated rings. The number of hydrogen-bond acceptors (Lipinski definition) is 3. The second-order valence-corrected chi connectivity index (χ2v) is 10.0. The molecule has 8 atom stereocenters. The van der Waals surface area contributed by atoms with Gasteiger partial charge in [-0.1, -0.05) is 27.4 Å². The smallest absolute Gasteiger partial charge is 0.0810 e. The fourth-order valence-corrected chi connectivity index (χ4v) is 8.05. The molecule has 0 heterocycles. The average Bonchev–Trinajstić information content (AvgIpc) is 2.57. The maximum atomic E-state index is 11.1. The number of hydrogen-bond donors (Lipinski definition) is 3. The Labute approximate surface area is 139 Å². The van der Waals surface area contributed by atoms with Crippen LogP contribution in [-0.2, 0) is 0 Å². The molecule has 3 N–H and O–H groups in total. The second kappa shape index (κ2) is 4.62. The minimum absolute atomic E-state index is 0.0646. The lowest BCUT2D eigenvalue weighted by atomic mass is 9.40.